The third-order valence-corrected chi connectivity index (χ3v) is 6.59. The predicted octanol–water partition coefficient (Wildman–Crippen LogP) is 7.81. The van der Waals surface area contributed by atoms with Gasteiger partial charge in [0, 0.05) is 22.1 Å². The van der Waals surface area contributed by atoms with Crippen molar-refractivity contribution in [2.45, 2.75) is 72.0 Å². The largest absolute Gasteiger partial charge is 0.479 e. The van der Waals surface area contributed by atoms with Crippen molar-refractivity contribution in [1.82, 2.24) is 4.98 Å². The average molecular weight is 478 g/mol. The number of ether oxygens (including phenoxy) is 1. The Morgan fingerprint density at radius 1 is 1.03 bits per heavy atom. The molecule has 0 bridgehead atoms. The van der Waals surface area contributed by atoms with E-state index in [0.29, 0.717) is 10.6 Å². The molecule has 1 fully saturated rings. The lowest BCUT2D eigenvalue weighted by molar-refractivity contribution is -0.160. The zero-order chi connectivity index (χ0) is 24.8. The quantitative estimate of drug-likeness (QED) is 0.393. The molecule has 0 spiro atoms. The first-order valence-corrected chi connectivity index (χ1v) is 12.1. The maximum atomic E-state index is 12.6. The Balaban J connectivity index is 2.06. The highest BCUT2D eigenvalue weighted by atomic mass is 35.5. The van der Waals surface area contributed by atoms with Crippen LogP contribution in [0.5, 0.6) is 0 Å². The number of carboxylic acids is 1. The van der Waals surface area contributed by atoms with Crippen LogP contribution >= 0.6 is 11.6 Å². The summed E-state index contributed by atoms with van der Waals surface area (Å²) >= 11 is 6.20. The second-order valence-corrected chi connectivity index (χ2v) is 10.7. The molecule has 1 aliphatic rings. The molecule has 4 nitrogen and oxygen atoms in total. The van der Waals surface area contributed by atoms with Gasteiger partial charge in [-0.1, -0.05) is 35.9 Å². The van der Waals surface area contributed by atoms with Crippen LogP contribution in [-0.2, 0) is 9.53 Å². The van der Waals surface area contributed by atoms with Crippen molar-refractivity contribution in [1.29, 1.82) is 0 Å². The van der Waals surface area contributed by atoms with Gasteiger partial charge >= 0.3 is 5.97 Å². The van der Waals surface area contributed by atoms with Gasteiger partial charge in [-0.05, 0) is 100 Å². The summed E-state index contributed by atoms with van der Waals surface area (Å²) in [4.78, 5) is 17.7. The first-order chi connectivity index (χ1) is 16.0. The second-order valence-electron chi connectivity index (χ2n) is 10.3. The van der Waals surface area contributed by atoms with Gasteiger partial charge in [0.05, 0.1) is 17.0 Å². The Kier molecular flexibility index (Phi) is 6.58. The fourth-order valence-corrected chi connectivity index (χ4v) is 4.52. The molecule has 5 heteroatoms. The van der Waals surface area contributed by atoms with E-state index in [-0.39, 0.29) is 5.92 Å². The summed E-state index contributed by atoms with van der Waals surface area (Å²) in [5, 5.41) is 10.9. The fourth-order valence-electron chi connectivity index (χ4n) is 4.39. The molecule has 4 rings (SSSR count). The summed E-state index contributed by atoms with van der Waals surface area (Å²) in [6, 6.07) is 13.9. The lowest BCUT2D eigenvalue weighted by Crippen LogP contribution is -2.29. The smallest absolute Gasteiger partial charge is 0.337 e. The molecule has 0 amide bonds. The Morgan fingerprint density at radius 3 is 2.18 bits per heavy atom. The molecule has 1 aromatic heterocycles. The number of aryl methyl sites for hydroxylation is 2. The van der Waals surface area contributed by atoms with Gasteiger partial charge < -0.3 is 9.84 Å². The zero-order valence-corrected chi connectivity index (χ0v) is 21.5. The number of aromatic nitrogens is 1. The summed E-state index contributed by atoms with van der Waals surface area (Å²) in [7, 11) is 0. The number of rotatable bonds is 6. The third kappa shape index (κ3) is 5.03. The van der Waals surface area contributed by atoms with Crippen LogP contribution in [0.25, 0.3) is 22.4 Å². The Labute approximate surface area is 207 Å². The van der Waals surface area contributed by atoms with Gasteiger partial charge in [0.25, 0.3) is 0 Å². The van der Waals surface area contributed by atoms with Crippen LogP contribution in [0.3, 0.4) is 0 Å². The number of hydrogen-bond acceptors (Lipinski definition) is 3. The van der Waals surface area contributed by atoms with Crippen LogP contribution in [0, 0.1) is 20.8 Å². The topological polar surface area (TPSA) is 59.4 Å². The highest BCUT2D eigenvalue weighted by Gasteiger charge is 2.38. The number of halogens is 1. The molecule has 2 aromatic carbocycles. The molecule has 34 heavy (non-hydrogen) atoms. The molecular weight excluding hydrogens is 446 g/mol. The monoisotopic (exact) mass is 477 g/mol. The SMILES string of the molecule is Cc1ccc(-c2nc(C3CC3)c([C@H](OC(C)(C)C)C(=O)O)c(-c3ccc(Cl)cc3)c2C)cc1C. The summed E-state index contributed by atoms with van der Waals surface area (Å²) in [6.45, 7) is 11.9. The molecule has 0 radical (unpaired) electrons. The van der Waals surface area contributed by atoms with E-state index in [1.165, 1.54) is 11.1 Å². The van der Waals surface area contributed by atoms with Gasteiger partial charge in [-0.25, -0.2) is 4.79 Å². The molecule has 1 atom stereocenters. The summed E-state index contributed by atoms with van der Waals surface area (Å²) < 4.78 is 6.16. The van der Waals surface area contributed by atoms with Crippen LogP contribution < -0.4 is 0 Å². The van der Waals surface area contributed by atoms with E-state index in [1.54, 1.807) is 0 Å². The summed E-state index contributed by atoms with van der Waals surface area (Å²) in [5.74, 6) is -0.774. The number of nitrogens with zero attached hydrogens (tertiary/aromatic N) is 1. The molecular formula is C29H32ClNO3. The van der Waals surface area contributed by atoms with E-state index >= 15 is 0 Å². The van der Waals surface area contributed by atoms with E-state index in [4.69, 9.17) is 21.3 Å². The number of aliphatic carboxylic acids is 1. The normalized spacial score (nSPS) is 14.8. The van der Waals surface area contributed by atoms with Gasteiger partial charge in [-0.3, -0.25) is 4.98 Å². The van der Waals surface area contributed by atoms with E-state index in [1.807, 2.05) is 52.0 Å². The predicted molar refractivity (Wildman–Crippen MR) is 138 cm³/mol. The second kappa shape index (κ2) is 9.16. The highest BCUT2D eigenvalue weighted by molar-refractivity contribution is 6.30. The lowest BCUT2D eigenvalue weighted by Gasteiger charge is -2.29. The minimum Gasteiger partial charge on any atom is -0.479 e. The van der Waals surface area contributed by atoms with E-state index in [2.05, 4.69) is 32.0 Å². The van der Waals surface area contributed by atoms with Crippen LogP contribution in [0.15, 0.2) is 42.5 Å². The molecule has 1 N–H and O–H groups in total. The molecule has 1 saturated carbocycles. The van der Waals surface area contributed by atoms with E-state index in [9.17, 15) is 9.90 Å². The molecule has 0 aliphatic heterocycles. The standard InChI is InChI=1S/C29H32ClNO3/c1-16-7-8-21(15-17(16)2)25-18(3)23(19-11-13-22(30)14-12-19)24(26(31-25)20-9-10-20)27(28(32)33)34-29(4,5)6/h7-8,11-15,20,27H,9-10H2,1-6H3,(H,32,33)/t27-/m0/s1. The van der Waals surface area contributed by atoms with Crippen molar-refractivity contribution in [3.63, 3.8) is 0 Å². The van der Waals surface area contributed by atoms with Gasteiger partial charge in [0.1, 0.15) is 0 Å². The maximum absolute atomic E-state index is 12.6. The molecule has 3 aromatic rings. The van der Waals surface area contributed by atoms with Crippen molar-refractivity contribution in [3.8, 4) is 22.4 Å². The molecule has 0 unspecified atom stereocenters. The number of hydrogen-bond donors (Lipinski definition) is 1. The van der Waals surface area contributed by atoms with Crippen molar-refractivity contribution in [2.75, 3.05) is 0 Å². The van der Waals surface area contributed by atoms with E-state index < -0.39 is 17.7 Å². The minimum atomic E-state index is -1.12. The highest BCUT2D eigenvalue weighted by Crippen LogP contribution is 2.48. The minimum absolute atomic E-state index is 0.234. The van der Waals surface area contributed by atoms with E-state index in [0.717, 1.165) is 46.5 Å². The van der Waals surface area contributed by atoms with Crippen molar-refractivity contribution < 1.29 is 14.6 Å². The summed E-state index contributed by atoms with van der Waals surface area (Å²) in [5.41, 5.74) is 7.93. The Morgan fingerprint density at radius 2 is 1.65 bits per heavy atom. The zero-order valence-electron chi connectivity index (χ0n) is 20.7. The van der Waals surface area contributed by atoms with Crippen LogP contribution in [0.1, 0.15) is 73.6 Å². The van der Waals surface area contributed by atoms with Crippen LogP contribution in [0.2, 0.25) is 5.02 Å². The number of pyridine rings is 1. The average Bonchev–Trinajstić information content (AvgIpc) is 3.59. The Hall–Kier alpha value is -2.69. The lowest BCUT2D eigenvalue weighted by atomic mass is 9.87. The Bertz CT molecular complexity index is 1240. The van der Waals surface area contributed by atoms with Crippen molar-refractivity contribution in [3.05, 3.63) is 75.4 Å². The third-order valence-electron chi connectivity index (χ3n) is 6.34. The number of benzene rings is 2. The molecule has 0 saturated heterocycles. The van der Waals surface area contributed by atoms with Crippen molar-refractivity contribution >= 4 is 17.6 Å². The molecule has 1 aliphatic carbocycles. The number of carboxylic acid groups (broad SMARTS) is 1. The fraction of sp³-hybridized carbons (Fsp3) is 0.379. The number of carbonyl (C=O) groups is 1. The van der Waals surface area contributed by atoms with Gasteiger partial charge in [-0.2, -0.15) is 0 Å². The first kappa shape index (κ1) is 24.4. The maximum Gasteiger partial charge on any atom is 0.337 e. The first-order valence-electron chi connectivity index (χ1n) is 11.7. The molecule has 1 heterocycles. The van der Waals surface area contributed by atoms with Crippen molar-refractivity contribution in [2.24, 2.45) is 0 Å². The summed E-state index contributed by atoms with van der Waals surface area (Å²) in [6.07, 6.45) is 0.871. The van der Waals surface area contributed by atoms with Crippen LogP contribution in [-0.4, -0.2) is 21.7 Å². The molecule has 178 valence electrons. The van der Waals surface area contributed by atoms with Gasteiger partial charge in [0.15, 0.2) is 6.10 Å². The van der Waals surface area contributed by atoms with Crippen LogP contribution in [0.4, 0.5) is 0 Å². The van der Waals surface area contributed by atoms with Gasteiger partial charge in [0.2, 0.25) is 0 Å². The van der Waals surface area contributed by atoms with Gasteiger partial charge in [-0.15, -0.1) is 0 Å².